The van der Waals surface area contributed by atoms with E-state index in [0.29, 0.717) is 22.2 Å². The Hall–Kier alpha value is -2.36. The lowest BCUT2D eigenvalue weighted by atomic mass is 9.92. The molecule has 0 N–H and O–H groups in total. The summed E-state index contributed by atoms with van der Waals surface area (Å²) in [6.07, 6.45) is -3.95. The van der Waals surface area contributed by atoms with Crippen LogP contribution in [0.2, 0.25) is 0 Å². The van der Waals surface area contributed by atoms with E-state index in [-0.39, 0.29) is 17.4 Å². The van der Waals surface area contributed by atoms with Crippen LogP contribution in [0.15, 0.2) is 76.1 Å². The maximum absolute atomic E-state index is 13.1. The zero-order chi connectivity index (χ0) is 25.1. The van der Waals surface area contributed by atoms with Gasteiger partial charge < -0.3 is 4.74 Å². The lowest BCUT2D eigenvalue weighted by Crippen LogP contribution is -2.26. The van der Waals surface area contributed by atoms with Crippen molar-refractivity contribution in [3.8, 4) is 5.75 Å². The summed E-state index contributed by atoms with van der Waals surface area (Å²) in [5.41, 5.74) is 1.51. The van der Waals surface area contributed by atoms with Gasteiger partial charge in [-0.25, -0.2) is 8.42 Å². The van der Waals surface area contributed by atoms with Crippen LogP contribution in [0.5, 0.6) is 5.75 Å². The van der Waals surface area contributed by atoms with E-state index >= 15 is 0 Å². The van der Waals surface area contributed by atoms with Crippen LogP contribution in [0.1, 0.15) is 35.1 Å². The van der Waals surface area contributed by atoms with Crippen LogP contribution >= 0.6 is 15.9 Å². The normalized spacial score (nSPS) is 13.2. The second kappa shape index (κ2) is 10.5. The van der Waals surface area contributed by atoms with E-state index in [1.807, 2.05) is 6.92 Å². The monoisotopic (exact) mass is 555 g/mol. The van der Waals surface area contributed by atoms with E-state index < -0.39 is 21.8 Å². The molecule has 0 aliphatic rings. The summed E-state index contributed by atoms with van der Waals surface area (Å²) >= 11 is 3.44. The molecule has 0 saturated carbocycles. The highest BCUT2D eigenvalue weighted by Gasteiger charge is 2.30. The first-order valence-corrected chi connectivity index (χ1v) is 12.7. The van der Waals surface area contributed by atoms with Crippen LogP contribution in [0.4, 0.5) is 13.2 Å². The van der Waals surface area contributed by atoms with Gasteiger partial charge in [0.1, 0.15) is 5.75 Å². The maximum Gasteiger partial charge on any atom is 0.416 e. The smallest absolute Gasteiger partial charge is 0.416 e. The summed E-state index contributed by atoms with van der Waals surface area (Å²) in [7, 11) is -0.674. The summed E-state index contributed by atoms with van der Waals surface area (Å²) in [5.74, 6) is 0.493. The fourth-order valence-electron chi connectivity index (χ4n) is 3.58. The molecule has 1 atom stereocenters. The van der Waals surface area contributed by atoms with Gasteiger partial charge in [-0.1, -0.05) is 59.3 Å². The number of alkyl halides is 3. The number of halogens is 4. The number of hydrogen-bond donors (Lipinski definition) is 0. The molecular formula is C25H25BrF3NO3S. The maximum atomic E-state index is 13.1. The standard InChI is InChI=1S/C25H25BrF3NO3S/c1-17(19-5-4-6-21(14-19)25(27,28)29)13-20-9-12-23(15-24(20)26)34(31,32)30(2)16-18-7-10-22(33-3)11-8-18/h4-12,14-15,17H,13,16H2,1-3H3/t17-/m1/s1. The molecule has 0 saturated heterocycles. The molecule has 0 unspecified atom stereocenters. The number of sulfonamides is 1. The van der Waals surface area contributed by atoms with Crippen molar-refractivity contribution in [1.29, 1.82) is 0 Å². The molecule has 0 aromatic heterocycles. The topological polar surface area (TPSA) is 46.6 Å². The van der Waals surface area contributed by atoms with Gasteiger partial charge in [0.2, 0.25) is 10.0 Å². The van der Waals surface area contributed by atoms with E-state index in [1.54, 1.807) is 43.5 Å². The van der Waals surface area contributed by atoms with Gasteiger partial charge in [-0.3, -0.25) is 0 Å². The molecule has 3 aromatic carbocycles. The van der Waals surface area contributed by atoms with Gasteiger partial charge in [-0.05, 0) is 59.4 Å². The van der Waals surface area contributed by atoms with Gasteiger partial charge >= 0.3 is 6.18 Å². The van der Waals surface area contributed by atoms with Crippen LogP contribution in [-0.4, -0.2) is 26.9 Å². The second-order valence-electron chi connectivity index (χ2n) is 8.09. The SMILES string of the molecule is COc1ccc(CN(C)S(=O)(=O)c2ccc(C[C@@H](C)c3cccc(C(F)(F)F)c3)c(Br)c2)cc1. The van der Waals surface area contributed by atoms with Gasteiger partial charge in [-0.15, -0.1) is 0 Å². The highest BCUT2D eigenvalue weighted by molar-refractivity contribution is 9.10. The molecule has 182 valence electrons. The Bertz CT molecular complexity index is 1250. The Morgan fingerprint density at radius 2 is 1.71 bits per heavy atom. The van der Waals surface area contributed by atoms with Crippen LogP contribution < -0.4 is 4.74 Å². The molecule has 34 heavy (non-hydrogen) atoms. The molecule has 0 bridgehead atoms. The van der Waals surface area contributed by atoms with E-state index in [4.69, 9.17) is 4.74 Å². The third kappa shape index (κ3) is 6.20. The molecule has 3 aromatic rings. The van der Waals surface area contributed by atoms with Crippen molar-refractivity contribution in [2.45, 2.75) is 36.9 Å². The van der Waals surface area contributed by atoms with Crippen LogP contribution in [-0.2, 0) is 29.2 Å². The summed E-state index contributed by atoms with van der Waals surface area (Å²) in [5, 5.41) is 0. The summed E-state index contributed by atoms with van der Waals surface area (Å²) in [4.78, 5) is 0.130. The fraction of sp³-hybridized carbons (Fsp3) is 0.280. The van der Waals surface area contributed by atoms with Crippen LogP contribution in [0, 0.1) is 0 Å². The van der Waals surface area contributed by atoms with E-state index in [2.05, 4.69) is 15.9 Å². The predicted octanol–water partition coefficient (Wildman–Crippen LogP) is 6.64. The molecule has 0 amide bonds. The van der Waals surface area contributed by atoms with Crippen molar-refractivity contribution in [3.63, 3.8) is 0 Å². The van der Waals surface area contributed by atoms with Crippen molar-refractivity contribution in [2.75, 3.05) is 14.2 Å². The number of hydrogen-bond acceptors (Lipinski definition) is 3. The van der Waals surface area contributed by atoms with Crippen molar-refractivity contribution in [1.82, 2.24) is 4.31 Å². The molecule has 4 nitrogen and oxygen atoms in total. The molecule has 0 aliphatic carbocycles. The lowest BCUT2D eigenvalue weighted by molar-refractivity contribution is -0.137. The van der Waals surface area contributed by atoms with Gasteiger partial charge in [0.25, 0.3) is 0 Å². The van der Waals surface area contributed by atoms with Crippen molar-refractivity contribution >= 4 is 26.0 Å². The van der Waals surface area contributed by atoms with Gasteiger partial charge in [-0.2, -0.15) is 17.5 Å². The van der Waals surface area contributed by atoms with E-state index in [9.17, 15) is 21.6 Å². The highest BCUT2D eigenvalue weighted by atomic mass is 79.9. The first-order chi connectivity index (χ1) is 15.9. The quantitative estimate of drug-likeness (QED) is 0.313. The number of rotatable bonds is 8. The molecular weight excluding hydrogens is 531 g/mol. The van der Waals surface area contributed by atoms with Gasteiger partial charge in [0.05, 0.1) is 17.6 Å². The largest absolute Gasteiger partial charge is 0.497 e. The number of methoxy groups -OCH3 is 1. The Kier molecular flexibility index (Phi) is 8.10. The van der Waals surface area contributed by atoms with Crippen molar-refractivity contribution < 1.29 is 26.3 Å². The highest BCUT2D eigenvalue weighted by Crippen LogP contribution is 2.33. The number of ether oxygens (including phenoxy) is 1. The average Bonchev–Trinajstić information content (AvgIpc) is 2.80. The first kappa shape index (κ1) is 26.2. The minimum Gasteiger partial charge on any atom is -0.497 e. The summed E-state index contributed by atoms with van der Waals surface area (Å²) < 4.78 is 72.2. The van der Waals surface area contributed by atoms with Crippen LogP contribution in [0.3, 0.4) is 0 Å². The third-order valence-corrected chi connectivity index (χ3v) is 8.14. The fourth-order valence-corrected chi connectivity index (χ4v) is 5.45. The van der Waals surface area contributed by atoms with E-state index in [1.165, 1.54) is 29.6 Å². The Labute approximate surface area is 206 Å². The minimum absolute atomic E-state index is 0.130. The lowest BCUT2D eigenvalue weighted by Gasteiger charge is -2.19. The molecule has 9 heteroatoms. The zero-order valence-corrected chi connectivity index (χ0v) is 21.3. The third-order valence-electron chi connectivity index (χ3n) is 5.61. The van der Waals surface area contributed by atoms with E-state index in [0.717, 1.165) is 23.3 Å². The van der Waals surface area contributed by atoms with Crippen molar-refractivity contribution in [3.05, 3.63) is 93.5 Å². The molecule has 0 aliphatic heterocycles. The summed E-state index contributed by atoms with van der Waals surface area (Å²) in [6.45, 7) is 2.04. The molecule has 0 spiro atoms. The molecule has 0 radical (unpaired) electrons. The number of nitrogens with zero attached hydrogens (tertiary/aromatic N) is 1. The minimum atomic E-state index is -4.40. The second-order valence-corrected chi connectivity index (χ2v) is 11.0. The first-order valence-electron chi connectivity index (χ1n) is 10.5. The average molecular weight is 556 g/mol. The van der Waals surface area contributed by atoms with Crippen molar-refractivity contribution in [2.24, 2.45) is 0 Å². The van der Waals surface area contributed by atoms with Gasteiger partial charge in [0.15, 0.2) is 0 Å². The summed E-state index contributed by atoms with van der Waals surface area (Å²) in [6, 6.07) is 17.2. The Morgan fingerprint density at radius 1 is 1.03 bits per heavy atom. The Balaban J connectivity index is 1.75. The Morgan fingerprint density at radius 3 is 2.29 bits per heavy atom. The zero-order valence-electron chi connectivity index (χ0n) is 18.9. The predicted molar refractivity (Wildman–Crippen MR) is 129 cm³/mol. The molecule has 0 fully saturated rings. The molecule has 0 heterocycles. The molecule has 3 rings (SSSR count). The van der Waals surface area contributed by atoms with Gasteiger partial charge in [0, 0.05) is 18.1 Å². The van der Waals surface area contributed by atoms with Crippen LogP contribution in [0.25, 0.3) is 0 Å². The number of benzene rings is 3.